The molecule has 0 aromatic heterocycles. The van der Waals surface area contributed by atoms with Crippen molar-refractivity contribution in [2.45, 2.75) is 24.3 Å². The van der Waals surface area contributed by atoms with Gasteiger partial charge in [-0.05, 0) is 43.4 Å². The summed E-state index contributed by atoms with van der Waals surface area (Å²) in [7, 11) is 0. The van der Waals surface area contributed by atoms with Gasteiger partial charge < -0.3 is 5.11 Å². The van der Waals surface area contributed by atoms with E-state index in [1.54, 1.807) is 18.7 Å². The molecule has 0 heterocycles. The van der Waals surface area contributed by atoms with E-state index in [0.29, 0.717) is 6.42 Å². The highest BCUT2D eigenvalue weighted by Crippen LogP contribution is 2.22. The molecule has 1 aromatic rings. The van der Waals surface area contributed by atoms with Crippen LogP contribution in [0, 0.1) is 0 Å². The summed E-state index contributed by atoms with van der Waals surface area (Å²) in [5, 5.41) is 9.95. The number of aliphatic hydroxyl groups excluding tert-OH is 1. The fraction of sp³-hybridized carbons (Fsp3) is 0.400. The van der Waals surface area contributed by atoms with Crippen molar-refractivity contribution < 1.29 is 5.11 Å². The fourth-order valence-electron chi connectivity index (χ4n) is 1.20. The lowest BCUT2D eigenvalue weighted by atomic mass is 10.1. The van der Waals surface area contributed by atoms with Crippen molar-refractivity contribution in [2.75, 3.05) is 6.26 Å². The summed E-state index contributed by atoms with van der Waals surface area (Å²) < 4.78 is 0. The zero-order valence-corrected chi connectivity index (χ0v) is 9.32. The van der Waals surface area contributed by atoms with E-state index in [0.717, 1.165) is 15.5 Å². The Hall–Kier alpha value is -0.180. The maximum atomic E-state index is 9.21. The molecular formula is C10H13ClOS. The van der Waals surface area contributed by atoms with Gasteiger partial charge in [0.1, 0.15) is 0 Å². The Kier molecular flexibility index (Phi) is 4.10. The van der Waals surface area contributed by atoms with Crippen LogP contribution in [0.5, 0.6) is 0 Å². The molecule has 0 fully saturated rings. The molecule has 3 heteroatoms. The van der Waals surface area contributed by atoms with Gasteiger partial charge in [0, 0.05) is 9.92 Å². The van der Waals surface area contributed by atoms with Crippen LogP contribution in [0.25, 0.3) is 0 Å². The number of thioether (sulfide) groups is 1. The minimum atomic E-state index is -0.312. The Labute approximate surface area is 88.1 Å². The summed E-state index contributed by atoms with van der Waals surface area (Å²) in [4.78, 5) is 1.14. The van der Waals surface area contributed by atoms with E-state index < -0.39 is 0 Å². The largest absolute Gasteiger partial charge is 0.393 e. The molecule has 1 rings (SSSR count). The second-order valence-electron chi connectivity index (χ2n) is 3.05. The molecule has 1 N–H and O–H groups in total. The van der Waals surface area contributed by atoms with Gasteiger partial charge in [-0.25, -0.2) is 0 Å². The molecule has 1 atom stereocenters. The first-order chi connectivity index (χ1) is 6.11. The average molecular weight is 217 g/mol. The van der Waals surface area contributed by atoms with Crippen molar-refractivity contribution in [2.24, 2.45) is 0 Å². The molecule has 0 aliphatic heterocycles. The maximum absolute atomic E-state index is 9.21. The van der Waals surface area contributed by atoms with Gasteiger partial charge >= 0.3 is 0 Å². The minimum Gasteiger partial charge on any atom is -0.393 e. The summed E-state index contributed by atoms with van der Waals surface area (Å²) in [6, 6.07) is 5.88. The van der Waals surface area contributed by atoms with Crippen molar-refractivity contribution in [3.63, 3.8) is 0 Å². The van der Waals surface area contributed by atoms with Gasteiger partial charge in [-0.3, -0.25) is 0 Å². The van der Waals surface area contributed by atoms with Crippen LogP contribution in [0.4, 0.5) is 0 Å². The van der Waals surface area contributed by atoms with Crippen LogP contribution < -0.4 is 0 Å². The molecule has 0 bridgehead atoms. The molecule has 0 saturated carbocycles. The highest BCUT2D eigenvalue weighted by Gasteiger charge is 2.02. The highest BCUT2D eigenvalue weighted by atomic mass is 35.5. The molecule has 0 spiro atoms. The van der Waals surface area contributed by atoms with E-state index in [4.69, 9.17) is 11.6 Å². The predicted octanol–water partition coefficient (Wildman–Crippen LogP) is 2.99. The number of hydrogen-bond donors (Lipinski definition) is 1. The molecule has 0 radical (unpaired) electrons. The van der Waals surface area contributed by atoms with Crippen molar-refractivity contribution in [3.8, 4) is 0 Å². The van der Waals surface area contributed by atoms with E-state index in [1.165, 1.54) is 0 Å². The topological polar surface area (TPSA) is 20.2 Å². The van der Waals surface area contributed by atoms with Crippen LogP contribution in [0.3, 0.4) is 0 Å². The number of aliphatic hydroxyl groups is 1. The maximum Gasteiger partial charge on any atom is 0.0552 e. The molecule has 0 aliphatic carbocycles. The van der Waals surface area contributed by atoms with Crippen LogP contribution >= 0.6 is 23.4 Å². The van der Waals surface area contributed by atoms with E-state index >= 15 is 0 Å². The molecular weight excluding hydrogens is 204 g/mol. The van der Waals surface area contributed by atoms with Crippen molar-refractivity contribution in [1.82, 2.24) is 0 Å². The summed E-state index contributed by atoms with van der Waals surface area (Å²) in [5.41, 5.74) is 1.09. The Morgan fingerprint density at radius 2 is 2.15 bits per heavy atom. The zero-order valence-electron chi connectivity index (χ0n) is 7.75. The van der Waals surface area contributed by atoms with Gasteiger partial charge in [0.25, 0.3) is 0 Å². The average Bonchev–Trinajstić information content (AvgIpc) is 2.01. The van der Waals surface area contributed by atoms with Gasteiger partial charge in [-0.15, -0.1) is 11.8 Å². The fourth-order valence-corrected chi connectivity index (χ4v) is 2.03. The van der Waals surface area contributed by atoms with Crippen LogP contribution in [-0.2, 0) is 6.42 Å². The smallest absolute Gasteiger partial charge is 0.0552 e. The van der Waals surface area contributed by atoms with E-state index in [-0.39, 0.29) is 6.10 Å². The van der Waals surface area contributed by atoms with E-state index in [1.807, 2.05) is 18.4 Å². The third kappa shape index (κ3) is 3.59. The first-order valence-electron chi connectivity index (χ1n) is 4.13. The molecule has 1 nitrogen and oxygen atoms in total. The first kappa shape index (κ1) is 10.9. The second kappa shape index (κ2) is 4.89. The number of benzene rings is 1. The quantitative estimate of drug-likeness (QED) is 0.784. The van der Waals surface area contributed by atoms with Crippen molar-refractivity contribution >= 4 is 23.4 Å². The number of hydrogen-bond acceptors (Lipinski definition) is 2. The summed E-state index contributed by atoms with van der Waals surface area (Å²) in [5.74, 6) is 0. The third-order valence-corrected chi connectivity index (χ3v) is 2.62. The third-order valence-electron chi connectivity index (χ3n) is 1.70. The van der Waals surface area contributed by atoms with Gasteiger partial charge in [0.2, 0.25) is 0 Å². The molecule has 13 heavy (non-hydrogen) atoms. The molecule has 1 unspecified atom stereocenters. The first-order valence-corrected chi connectivity index (χ1v) is 5.73. The Balaban J connectivity index is 2.88. The number of rotatable bonds is 3. The van der Waals surface area contributed by atoms with Gasteiger partial charge in [0.05, 0.1) is 6.10 Å². The standard InChI is InChI=1S/C10H13ClOS/c1-7(12)3-8-4-9(11)6-10(5-8)13-2/h4-7,12H,3H2,1-2H3. The van der Waals surface area contributed by atoms with E-state index in [9.17, 15) is 5.11 Å². The van der Waals surface area contributed by atoms with Crippen LogP contribution in [0.2, 0.25) is 5.02 Å². The van der Waals surface area contributed by atoms with Gasteiger partial charge in [0.15, 0.2) is 0 Å². The molecule has 0 saturated heterocycles. The lowest BCUT2D eigenvalue weighted by Crippen LogP contribution is -2.03. The lowest BCUT2D eigenvalue weighted by molar-refractivity contribution is 0.195. The Morgan fingerprint density at radius 3 is 2.69 bits per heavy atom. The molecule has 72 valence electrons. The molecule has 1 aromatic carbocycles. The lowest BCUT2D eigenvalue weighted by Gasteiger charge is -2.06. The van der Waals surface area contributed by atoms with Crippen LogP contribution in [0.15, 0.2) is 23.1 Å². The van der Waals surface area contributed by atoms with E-state index in [2.05, 4.69) is 6.07 Å². The summed E-state index contributed by atoms with van der Waals surface area (Å²) >= 11 is 7.58. The molecule has 0 amide bonds. The summed E-state index contributed by atoms with van der Waals surface area (Å²) in [6.07, 6.45) is 2.36. The normalized spacial score (nSPS) is 12.9. The van der Waals surface area contributed by atoms with Crippen LogP contribution in [-0.4, -0.2) is 17.5 Å². The number of halogens is 1. The van der Waals surface area contributed by atoms with Gasteiger partial charge in [-0.1, -0.05) is 11.6 Å². The van der Waals surface area contributed by atoms with Gasteiger partial charge in [-0.2, -0.15) is 0 Å². The Morgan fingerprint density at radius 1 is 1.46 bits per heavy atom. The molecule has 0 aliphatic rings. The van der Waals surface area contributed by atoms with Crippen molar-refractivity contribution in [1.29, 1.82) is 0 Å². The highest BCUT2D eigenvalue weighted by molar-refractivity contribution is 7.98. The predicted molar refractivity (Wildman–Crippen MR) is 58.6 cm³/mol. The van der Waals surface area contributed by atoms with Crippen LogP contribution in [0.1, 0.15) is 12.5 Å². The Bertz CT molecular complexity index is 286. The minimum absolute atomic E-state index is 0.312. The second-order valence-corrected chi connectivity index (χ2v) is 4.37. The summed E-state index contributed by atoms with van der Waals surface area (Å²) in [6.45, 7) is 1.78. The van der Waals surface area contributed by atoms with Crippen molar-refractivity contribution in [3.05, 3.63) is 28.8 Å². The SMILES string of the molecule is CSc1cc(Cl)cc(CC(C)O)c1. The zero-order chi connectivity index (χ0) is 9.84. The monoisotopic (exact) mass is 216 g/mol.